The monoisotopic (exact) mass is 252 g/mol. The minimum absolute atomic E-state index is 0.765. The third-order valence-corrected chi connectivity index (χ3v) is 4.66. The molecule has 0 aliphatic heterocycles. The maximum Gasteiger partial charge on any atom is 0.0104 e. The van der Waals surface area contributed by atoms with Crippen LogP contribution in [-0.4, -0.2) is 37.1 Å². The molecule has 0 aromatic rings. The Labute approximate surface area is 114 Å². The molecule has 2 unspecified atom stereocenters. The van der Waals surface area contributed by atoms with Gasteiger partial charge < -0.3 is 5.32 Å². The second kappa shape index (κ2) is 6.91. The third-order valence-electron chi connectivity index (χ3n) is 4.66. The Morgan fingerprint density at radius 1 is 1.06 bits per heavy atom. The SMILES string of the molecule is CNC1CCCCCC1CN(CC(C)C)C1CC1. The quantitative estimate of drug-likeness (QED) is 0.730. The minimum Gasteiger partial charge on any atom is -0.317 e. The summed E-state index contributed by atoms with van der Waals surface area (Å²) in [4.78, 5) is 2.80. The van der Waals surface area contributed by atoms with Gasteiger partial charge in [-0.1, -0.05) is 33.1 Å². The molecule has 0 heterocycles. The highest BCUT2D eigenvalue weighted by Gasteiger charge is 2.32. The van der Waals surface area contributed by atoms with Crippen LogP contribution in [0, 0.1) is 11.8 Å². The molecule has 2 rings (SSSR count). The highest BCUT2D eigenvalue weighted by atomic mass is 15.2. The van der Waals surface area contributed by atoms with Crippen molar-refractivity contribution in [3.63, 3.8) is 0 Å². The van der Waals surface area contributed by atoms with Crippen LogP contribution in [0.15, 0.2) is 0 Å². The Balaban J connectivity index is 1.90. The van der Waals surface area contributed by atoms with Crippen molar-refractivity contribution in [3.8, 4) is 0 Å². The summed E-state index contributed by atoms with van der Waals surface area (Å²) in [5.74, 6) is 1.70. The molecule has 0 aromatic carbocycles. The van der Waals surface area contributed by atoms with Gasteiger partial charge in [-0.05, 0) is 44.6 Å². The van der Waals surface area contributed by atoms with E-state index in [2.05, 4.69) is 31.1 Å². The van der Waals surface area contributed by atoms with Crippen molar-refractivity contribution in [3.05, 3.63) is 0 Å². The number of rotatable bonds is 6. The maximum absolute atomic E-state index is 3.59. The van der Waals surface area contributed by atoms with E-state index in [-0.39, 0.29) is 0 Å². The average Bonchev–Trinajstić information content (AvgIpc) is 3.15. The molecule has 106 valence electrons. The molecule has 18 heavy (non-hydrogen) atoms. The van der Waals surface area contributed by atoms with Gasteiger partial charge in [0.2, 0.25) is 0 Å². The molecule has 0 bridgehead atoms. The van der Waals surface area contributed by atoms with E-state index in [1.165, 1.54) is 58.0 Å². The molecule has 2 aliphatic rings. The molecule has 0 spiro atoms. The van der Waals surface area contributed by atoms with Gasteiger partial charge >= 0.3 is 0 Å². The van der Waals surface area contributed by atoms with Crippen LogP contribution in [0.1, 0.15) is 58.8 Å². The van der Waals surface area contributed by atoms with Gasteiger partial charge in [0.15, 0.2) is 0 Å². The molecule has 0 saturated heterocycles. The van der Waals surface area contributed by atoms with Crippen LogP contribution in [0.25, 0.3) is 0 Å². The van der Waals surface area contributed by atoms with Crippen molar-refractivity contribution < 1.29 is 0 Å². The van der Waals surface area contributed by atoms with Gasteiger partial charge in [-0.25, -0.2) is 0 Å². The van der Waals surface area contributed by atoms with Crippen LogP contribution in [0.5, 0.6) is 0 Å². The Kier molecular flexibility index (Phi) is 5.50. The van der Waals surface area contributed by atoms with Gasteiger partial charge in [0.25, 0.3) is 0 Å². The van der Waals surface area contributed by atoms with Crippen molar-refractivity contribution >= 4 is 0 Å². The summed E-state index contributed by atoms with van der Waals surface area (Å²) in [7, 11) is 2.16. The summed E-state index contributed by atoms with van der Waals surface area (Å²) in [6.07, 6.45) is 10.0. The predicted octanol–water partition coefficient (Wildman–Crippen LogP) is 3.28. The molecule has 2 fully saturated rings. The van der Waals surface area contributed by atoms with Crippen molar-refractivity contribution in [2.75, 3.05) is 20.1 Å². The lowest BCUT2D eigenvalue weighted by atomic mass is 9.93. The number of hydrogen-bond donors (Lipinski definition) is 1. The van der Waals surface area contributed by atoms with Gasteiger partial charge in [0.1, 0.15) is 0 Å². The van der Waals surface area contributed by atoms with Crippen molar-refractivity contribution in [1.29, 1.82) is 0 Å². The van der Waals surface area contributed by atoms with Crippen molar-refractivity contribution in [2.45, 2.75) is 70.9 Å². The Morgan fingerprint density at radius 3 is 2.39 bits per heavy atom. The fourth-order valence-corrected chi connectivity index (χ4v) is 3.57. The zero-order valence-electron chi connectivity index (χ0n) is 12.6. The fourth-order valence-electron chi connectivity index (χ4n) is 3.57. The van der Waals surface area contributed by atoms with E-state index in [1.807, 2.05) is 0 Å². The zero-order chi connectivity index (χ0) is 13.0. The summed E-state index contributed by atoms with van der Waals surface area (Å²) >= 11 is 0. The van der Waals surface area contributed by atoms with Crippen molar-refractivity contribution in [1.82, 2.24) is 10.2 Å². The highest BCUT2D eigenvalue weighted by Crippen LogP contribution is 2.31. The summed E-state index contributed by atoms with van der Waals surface area (Å²) in [5.41, 5.74) is 0. The van der Waals surface area contributed by atoms with Crippen LogP contribution < -0.4 is 5.32 Å². The summed E-state index contributed by atoms with van der Waals surface area (Å²) < 4.78 is 0. The van der Waals surface area contributed by atoms with Gasteiger partial charge in [-0.2, -0.15) is 0 Å². The molecule has 2 heteroatoms. The standard InChI is InChI=1S/C16H32N2/c1-13(2)11-18(15-9-10-15)12-14-7-5-4-6-8-16(14)17-3/h13-17H,4-12H2,1-3H3. The Hall–Kier alpha value is -0.0800. The first kappa shape index (κ1) is 14.3. The molecule has 0 aromatic heterocycles. The topological polar surface area (TPSA) is 15.3 Å². The van der Waals surface area contributed by atoms with E-state index in [0.717, 1.165) is 23.9 Å². The number of nitrogens with zero attached hydrogens (tertiary/aromatic N) is 1. The number of nitrogens with one attached hydrogen (secondary N) is 1. The molecule has 2 nitrogen and oxygen atoms in total. The molecule has 0 amide bonds. The zero-order valence-corrected chi connectivity index (χ0v) is 12.6. The smallest absolute Gasteiger partial charge is 0.0104 e. The van der Waals surface area contributed by atoms with Crippen LogP contribution in [-0.2, 0) is 0 Å². The molecular weight excluding hydrogens is 220 g/mol. The van der Waals surface area contributed by atoms with Crippen LogP contribution in [0.4, 0.5) is 0 Å². The first-order valence-corrected chi connectivity index (χ1v) is 8.12. The summed E-state index contributed by atoms with van der Waals surface area (Å²) in [5, 5.41) is 3.59. The second-order valence-electron chi connectivity index (χ2n) is 6.87. The lowest BCUT2D eigenvalue weighted by Crippen LogP contribution is -2.42. The van der Waals surface area contributed by atoms with E-state index < -0.39 is 0 Å². The lowest BCUT2D eigenvalue weighted by molar-refractivity contribution is 0.173. The van der Waals surface area contributed by atoms with E-state index in [1.54, 1.807) is 0 Å². The van der Waals surface area contributed by atoms with Crippen molar-refractivity contribution in [2.24, 2.45) is 11.8 Å². The minimum atomic E-state index is 0.765. The maximum atomic E-state index is 3.59. The normalized spacial score (nSPS) is 29.8. The largest absolute Gasteiger partial charge is 0.317 e. The molecule has 0 radical (unpaired) electrons. The molecule has 2 aliphatic carbocycles. The molecule has 1 N–H and O–H groups in total. The average molecular weight is 252 g/mol. The van der Waals surface area contributed by atoms with Gasteiger partial charge in [-0.3, -0.25) is 4.90 Å². The van der Waals surface area contributed by atoms with E-state index >= 15 is 0 Å². The Morgan fingerprint density at radius 2 is 1.78 bits per heavy atom. The first-order chi connectivity index (χ1) is 8.70. The predicted molar refractivity (Wildman–Crippen MR) is 78.9 cm³/mol. The number of hydrogen-bond acceptors (Lipinski definition) is 2. The van der Waals surface area contributed by atoms with Gasteiger partial charge in [0.05, 0.1) is 0 Å². The fraction of sp³-hybridized carbons (Fsp3) is 1.00. The molecule has 2 atom stereocenters. The second-order valence-corrected chi connectivity index (χ2v) is 6.87. The van der Waals surface area contributed by atoms with E-state index in [4.69, 9.17) is 0 Å². The van der Waals surface area contributed by atoms with Gasteiger partial charge in [-0.15, -0.1) is 0 Å². The van der Waals surface area contributed by atoms with Crippen LogP contribution >= 0.6 is 0 Å². The van der Waals surface area contributed by atoms with Crippen LogP contribution in [0.3, 0.4) is 0 Å². The van der Waals surface area contributed by atoms with Gasteiger partial charge in [0, 0.05) is 25.2 Å². The molecular formula is C16H32N2. The third kappa shape index (κ3) is 4.24. The Bertz CT molecular complexity index is 235. The summed E-state index contributed by atoms with van der Waals surface area (Å²) in [6.45, 7) is 7.36. The summed E-state index contributed by atoms with van der Waals surface area (Å²) in [6, 6.07) is 1.69. The highest BCUT2D eigenvalue weighted by molar-refractivity contribution is 4.89. The van der Waals surface area contributed by atoms with Crippen LogP contribution in [0.2, 0.25) is 0 Å². The lowest BCUT2D eigenvalue weighted by Gasteiger charge is -2.32. The van der Waals surface area contributed by atoms with E-state index in [9.17, 15) is 0 Å². The first-order valence-electron chi connectivity index (χ1n) is 8.12. The van der Waals surface area contributed by atoms with E-state index in [0.29, 0.717) is 0 Å². The molecule has 2 saturated carbocycles.